The molecule has 0 saturated carbocycles. The smallest absolute Gasteiger partial charge is 0.193 e. The highest BCUT2D eigenvalue weighted by Crippen LogP contribution is 2.16. The van der Waals surface area contributed by atoms with Crippen LogP contribution in [0.5, 0.6) is 0 Å². The van der Waals surface area contributed by atoms with Crippen molar-refractivity contribution in [2.75, 3.05) is 0 Å². The number of ketones is 1. The first-order valence-electron chi connectivity index (χ1n) is 4.90. The number of hydrogen-bond acceptors (Lipinski definition) is 1. The minimum atomic E-state index is -0.0481. The molecule has 0 heterocycles. The van der Waals surface area contributed by atoms with Gasteiger partial charge >= 0.3 is 0 Å². The second kappa shape index (κ2) is 4.50. The maximum atomic E-state index is 12.1. The maximum absolute atomic E-state index is 12.1. The molecule has 0 N–H and O–H groups in total. The number of benzene rings is 2. The minimum Gasteiger partial charge on any atom is -0.289 e. The van der Waals surface area contributed by atoms with Gasteiger partial charge in [-0.3, -0.25) is 4.79 Å². The van der Waals surface area contributed by atoms with Crippen molar-refractivity contribution in [1.82, 2.24) is 0 Å². The summed E-state index contributed by atoms with van der Waals surface area (Å²) in [6, 6.07) is 14.2. The molecular weight excluding hydrogens is 220 g/mol. The molecule has 2 heteroatoms. The summed E-state index contributed by atoms with van der Waals surface area (Å²) in [5.74, 6) is -0.0481. The van der Waals surface area contributed by atoms with E-state index in [0.29, 0.717) is 16.1 Å². The average Bonchev–Trinajstić information content (AvgIpc) is 2.29. The first-order chi connectivity index (χ1) is 7.68. The lowest BCUT2D eigenvalue weighted by Crippen LogP contribution is -2.03. The Labute approximate surface area is 99.7 Å². The Morgan fingerprint density at radius 2 is 1.81 bits per heavy atom. The molecule has 79 valence electrons. The van der Waals surface area contributed by atoms with Crippen LogP contribution in [0.25, 0.3) is 0 Å². The zero-order valence-electron chi connectivity index (χ0n) is 8.61. The number of carbonyl (C=O) groups is 1. The van der Waals surface area contributed by atoms with Crippen LogP contribution in [0, 0.1) is 6.92 Å². The van der Waals surface area contributed by atoms with Gasteiger partial charge in [-0.15, -0.1) is 0 Å². The monoisotopic (exact) mass is 229 g/mol. The third-order valence-electron chi connectivity index (χ3n) is 2.35. The van der Waals surface area contributed by atoms with Gasteiger partial charge in [0.05, 0.1) is 0 Å². The van der Waals surface area contributed by atoms with Crippen molar-refractivity contribution >= 4 is 17.4 Å². The van der Waals surface area contributed by atoms with E-state index in [4.69, 9.17) is 11.6 Å². The second-order valence-electron chi connectivity index (χ2n) is 3.50. The summed E-state index contributed by atoms with van der Waals surface area (Å²) in [6.07, 6.45) is 0. The van der Waals surface area contributed by atoms with E-state index in [2.05, 4.69) is 6.92 Å². The van der Waals surface area contributed by atoms with Gasteiger partial charge < -0.3 is 0 Å². The highest BCUT2D eigenvalue weighted by molar-refractivity contribution is 6.31. The molecular formula is C14H10ClO. The van der Waals surface area contributed by atoms with Crippen LogP contribution < -0.4 is 0 Å². The van der Waals surface area contributed by atoms with Crippen molar-refractivity contribution in [3.8, 4) is 0 Å². The van der Waals surface area contributed by atoms with Crippen LogP contribution in [0.3, 0.4) is 0 Å². The van der Waals surface area contributed by atoms with E-state index >= 15 is 0 Å². The second-order valence-corrected chi connectivity index (χ2v) is 3.93. The van der Waals surface area contributed by atoms with E-state index in [0.717, 1.165) is 5.56 Å². The molecule has 2 aromatic rings. The average molecular weight is 230 g/mol. The Kier molecular flexibility index (Phi) is 3.07. The number of halogens is 1. The third-order valence-corrected chi connectivity index (χ3v) is 2.58. The Morgan fingerprint density at radius 3 is 2.50 bits per heavy atom. The molecule has 0 saturated heterocycles. The first kappa shape index (κ1) is 10.9. The van der Waals surface area contributed by atoms with Gasteiger partial charge in [0.15, 0.2) is 5.78 Å². The Balaban J connectivity index is 2.44. The first-order valence-corrected chi connectivity index (χ1v) is 5.27. The molecule has 2 rings (SSSR count). The molecule has 0 fully saturated rings. The molecule has 1 radical (unpaired) electrons. The van der Waals surface area contributed by atoms with E-state index in [-0.39, 0.29) is 5.78 Å². The highest BCUT2D eigenvalue weighted by Gasteiger charge is 2.10. The molecule has 0 aliphatic carbocycles. The third kappa shape index (κ3) is 2.15. The lowest BCUT2D eigenvalue weighted by Gasteiger charge is -2.04. The molecule has 2 aromatic carbocycles. The summed E-state index contributed by atoms with van der Waals surface area (Å²) < 4.78 is 0. The minimum absolute atomic E-state index is 0.0481. The lowest BCUT2D eigenvalue weighted by atomic mass is 9.99. The van der Waals surface area contributed by atoms with Crippen molar-refractivity contribution in [2.24, 2.45) is 0 Å². The van der Waals surface area contributed by atoms with Crippen molar-refractivity contribution in [3.05, 3.63) is 77.2 Å². The predicted octanol–water partition coefficient (Wildman–Crippen LogP) is 3.75. The molecule has 0 aromatic heterocycles. The molecule has 0 atom stereocenters. The fourth-order valence-electron chi connectivity index (χ4n) is 1.53. The van der Waals surface area contributed by atoms with E-state index in [1.54, 1.807) is 30.3 Å². The molecule has 0 aliphatic rings. The van der Waals surface area contributed by atoms with E-state index in [1.807, 2.05) is 18.2 Å². The van der Waals surface area contributed by atoms with Crippen LogP contribution in [0.1, 0.15) is 21.5 Å². The Morgan fingerprint density at radius 1 is 1.06 bits per heavy atom. The van der Waals surface area contributed by atoms with Gasteiger partial charge in [0.1, 0.15) is 0 Å². The van der Waals surface area contributed by atoms with E-state index in [1.165, 1.54) is 0 Å². The summed E-state index contributed by atoms with van der Waals surface area (Å²) in [6.45, 7) is 3.84. The Bertz CT molecular complexity index is 532. The standard InChI is InChI=1S/C14H10ClO/c1-10-5-2-3-8-13(10)14(16)11-6-4-7-12(15)9-11/h2-9H,1H2. The van der Waals surface area contributed by atoms with Crippen LogP contribution in [-0.2, 0) is 0 Å². The molecule has 0 amide bonds. The van der Waals surface area contributed by atoms with E-state index < -0.39 is 0 Å². The quantitative estimate of drug-likeness (QED) is 0.717. The van der Waals surface area contributed by atoms with Gasteiger partial charge in [0.25, 0.3) is 0 Å². The molecule has 0 bridgehead atoms. The summed E-state index contributed by atoms with van der Waals surface area (Å²) in [4.78, 5) is 12.1. The number of carbonyl (C=O) groups excluding carboxylic acids is 1. The predicted molar refractivity (Wildman–Crippen MR) is 65.8 cm³/mol. The molecule has 1 nitrogen and oxygen atoms in total. The zero-order chi connectivity index (χ0) is 11.5. The SMILES string of the molecule is [CH2]c1ccccc1C(=O)c1cccc(Cl)c1. The summed E-state index contributed by atoms with van der Waals surface area (Å²) >= 11 is 5.85. The largest absolute Gasteiger partial charge is 0.289 e. The van der Waals surface area contributed by atoms with Crippen molar-refractivity contribution in [1.29, 1.82) is 0 Å². The normalized spacial score (nSPS) is 10.1. The number of rotatable bonds is 2. The summed E-state index contributed by atoms with van der Waals surface area (Å²) in [5, 5.41) is 0.562. The van der Waals surface area contributed by atoms with E-state index in [9.17, 15) is 4.79 Å². The van der Waals surface area contributed by atoms with Crippen molar-refractivity contribution < 1.29 is 4.79 Å². The van der Waals surface area contributed by atoms with Crippen LogP contribution in [0.2, 0.25) is 5.02 Å². The Hall–Kier alpha value is -1.60. The topological polar surface area (TPSA) is 17.1 Å². The lowest BCUT2D eigenvalue weighted by molar-refractivity contribution is 0.103. The summed E-state index contributed by atoms with van der Waals surface area (Å²) in [5.41, 5.74) is 1.93. The van der Waals surface area contributed by atoms with Gasteiger partial charge in [-0.25, -0.2) is 0 Å². The van der Waals surface area contributed by atoms with Crippen LogP contribution in [0.15, 0.2) is 48.5 Å². The fraction of sp³-hybridized carbons (Fsp3) is 0. The van der Waals surface area contributed by atoms with Gasteiger partial charge in [-0.05, 0) is 24.6 Å². The number of hydrogen-bond donors (Lipinski definition) is 0. The molecule has 16 heavy (non-hydrogen) atoms. The van der Waals surface area contributed by atoms with Crippen molar-refractivity contribution in [3.63, 3.8) is 0 Å². The van der Waals surface area contributed by atoms with Gasteiger partial charge in [0.2, 0.25) is 0 Å². The zero-order valence-corrected chi connectivity index (χ0v) is 9.37. The maximum Gasteiger partial charge on any atom is 0.193 e. The van der Waals surface area contributed by atoms with Crippen LogP contribution in [-0.4, -0.2) is 5.78 Å². The van der Waals surface area contributed by atoms with Crippen molar-refractivity contribution in [2.45, 2.75) is 0 Å². The van der Waals surface area contributed by atoms with Gasteiger partial charge in [-0.1, -0.05) is 48.0 Å². The van der Waals surface area contributed by atoms with Gasteiger partial charge in [-0.2, -0.15) is 0 Å². The molecule has 0 unspecified atom stereocenters. The molecule has 0 aliphatic heterocycles. The highest BCUT2D eigenvalue weighted by atomic mass is 35.5. The summed E-state index contributed by atoms with van der Waals surface area (Å²) in [7, 11) is 0. The fourth-order valence-corrected chi connectivity index (χ4v) is 1.72. The van der Waals surface area contributed by atoms with Crippen LogP contribution >= 0.6 is 11.6 Å². The van der Waals surface area contributed by atoms with Crippen LogP contribution in [0.4, 0.5) is 0 Å². The molecule has 0 spiro atoms. The van der Waals surface area contributed by atoms with Gasteiger partial charge in [0, 0.05) is 16.1 Å².